The number of methoxy groups -OCH3 is 1. The van der Waals surface area contributed by atoms with Gasteiger partial charge in [0.25, 0.3) is 11.8 Å². The maximum absolute atomic E-state index is 15.0. The van der Waals surface area contributed by atoms with Crippen molar-refractivity contribution in [2.45, 2.75) is 82.8 Å². The third kappa shape index (κ3) is 10.6. The number of fused-ring (bicyclic) bond motifs is 1. The second-order valence-corrected chi connectivity index (χ2v) is 23.6. The van der Waals surface area contributed by atoms with Gasteiger partial charge in [-0.05, 0) is 83.4 Å². The molecule has 7 amide bonds. The number of anilines is 1. The molecule has 1 saturated carbocycles. The Kier molecular flexibility index (Phi) is 14.3. The van der Waals surface area contributed by atoms with Gasteiger partial charge >= 0.3 is 19.3 Å². The van der Waals surface area contributed by atoms with E-state index >= 15 is 0 Å². The highest BCUT2D eigenvalue weighted by Gasteiger charge is 2.52. The summed E-state index contributed by atoms with van der Waals surface area (Å²) in [6.07, 6.45) is 1.84. The van der Waals surface area contributed by atoms with E-state index in [0.717, 1.165) is 48.3 Å². The molecule has 4 N–H and O–H groups in total. The predicted octanol–water partition coefficient (Wildman–Crippen LogP) is 6.26. The minimum Gasteiger partial charge on any atom is -0.495 e. The molecule has 4 aromatic rings. The number of ether oxygens (including phenoxy) is 3. The molecule has 5 aliphatic rings. The van der Waals surface area contributed by atoms with E-state index in [2.05, 4.69) is 10.6 Å². The first kappa shape index (κ1) is 52.0. The molecule has 0 radical (unpaired) electrons. The predicted molar refractivity (Wildman–Crippen MR) is 264 cm³/mol. The fourth-order valence-corrected chi connectivity index (χ4v) is 12.3. The summed E-state index contributed by atoms with van der Waals surface area (Å²) in [5.41, 5.74) is -4.63. The monoisotopic (exact) mass is 1050 g/mol. The molecule has 0 unspecified atom stereocenters. The molecule has 22 heteroatoms. The van der Waals surface area contributed by atoms with E-state index in [1.54, 1.807) is 43.9 Å². The number of nitrogens with zero attached hydrogens (tertiary/aromatic N) is 4. The molecular weight excluding hydrogens is 990 g/mol. The second-order valence-electron chi connectivity index (χ2n) is 20.9. The van der Waals surface area contributed by atoms with E-state index in [1.807, 2.05) is 35.2 Å². The van der Waals surface area contributed by atoms with Crippen LogP contribution in [0.1, 0.15) is 90.1 Å². The van der Waals surface area contributed by atoms with Crippen molar-refractivity contribution in [3.8, 4) is 5.75 Å². The lowest BCUT2D eigenvalue weighted by atomic mass is 9.62. The fourth-order valence-electron chi connectivity index (χ4n) is 10.9. The van der Waals surface area contributed by atoms with E-state index in [0.29, 0.717) is 47.9 Å². The molecule has 18 nitrogen and oxygen atoms in total. The summed E-state index contributed by atoms with van der Waals surface area (Å²) in [6.45, 7) is 7.89. The molecule has 3 aromatic carbocycles. The standard InChI is InChI=1S/C51H59F2N6O12PS/c1-49(2,3)43(55-44(61)41-22-33-20-34(11-13-40(33)73-41)51(52,53)72(66,67)68)47(64)59-26-35(23-37(59)46(63)56-18-19-70-39(27-56)31-8-6-5-7-9-31)71-28-30-24-50(25-30)15-17-57(29-50)45(62)32-10-12-38(69-4)36(21-32)58-16-14-42(60)54-48(58)65/h5-13,20-22,30,35,37,39,43H,14-19,23-29H2,1-4H3,(H,55,61)(H,54,60,65)(H2,66,67,68)/t30?,35-,37-,39-,43+,50?/m0/s1. The number of thiophene rings is 1. The van der Waals surface area contributed by atoms with E-state index in [-0.39, 0.29) is 84.5 Å². The maximum atomic E-state index is 15.0. The minimum atomic E-state index is -5.84. The smallest absolute Gasteiger partial charge is 0.399 e. The van der Waals surface area contributed by atoms with Crippen molar-refractivity contribution in [3.05, 3.63) is 94.4 Å². The highest BCUT2D eigenvalue weighted by Crippen LogP contribution is 2.59. The molecule has 0 bridgehead atoms. The Morgan fingerprint density at radius 3 is 2.42 bits per heavy atom. The Morgan fingerprint density at radius 2 is 1.73 bits per heavy atom. The third-order valence-electron chi connectivity index (χ3n) is 14.7. The summed E-state index contributed by atoms with van der Waals surface area (Å²) in [6, 6.07) is 16.3. The number of hydrogen-bond acceptors (Lipinski definition) is 11. The van der Waals surface area contributed by atoms with Gasteiger partial charge in [0.05, 0.1) is 36.9 Å². The van der Waals surface area contributed by atoms with Crippen LogP contribution in [0.25, 0.3) is 10.1 Å². The molecule has 1 aliphatic carbocycles. The molecule has 4 atom stereocenters. The molecule has 5 heterocycles. The summed E-state index contributed by atoms with van der Waals surface area (Å²) in [4.78, 5) is 107. The molecule has 5 fully saturated rings. The zero-order chi connectivity index (χ0) is 52.2. The van der Waals surface area contributed by atoms with Gasteiger partial charge in [-0.1, -0.05) is 57.2 Å². The minimum absolute atomic E-state index is 0.0724. The second kappa shape index (κ2) is 20.1. The van der Waals surface area contributed by atoms with Crippen LogP contribution < -0.4 is 20.3 Å². The summed E-state index contributed by atoms with van der Waals surface area (Å²) >= 11 is 0.968. The van der Waals surface area contributed by atoms with Crippen LogP contribution in [-0.2, 0) is 34.1 Å². The van der Waals surface area contributed by atoms with E-state index in [1.165, 1.54) is 29.0 Å². The topological polar surface area (TPSA) is 225 Å². The normalized spacial score (nSPS) is 24.2. The van der Waals surface area contributed by atoms with Crippen molar-refractivity contribution in [1.29, 1.82) is 0 Å². The van der Waals surface area contributed by atoms with Crippen LogP contribution in [0.4, 0.5) is 19.3 Å². The van der Waals surface area contributed by atoms with Gasteiger partial charge in [-0.25, -0.2) is 4.79 Å². The molecular formula is C51H59F2N6O12PS. The fraction of sp³-hybridized carbons (Fsp3) is 0.490. The SMILES string of the molecule is COc1ccc(C(=O)N2CCC3(CC(CO[C@H]4C[C@@H](C(=O)N5CCO[C@H](c6ccccc6)C5)N(C(=O)[C@@H](NC(=O)c5cc6cc(C(F)(F)P(=O)(O)O)ccc6s5)C(C)(C)C)C4)C3)C2)cc1N1CCC(=O)NC1=O. The van der Waals surface area contributed by atoms with Gasteiger partial charge in [0.15, 0.2) is 0 Å². The number of nitrogens with one attached hydrogen (secondary N) is 2. The summed E-state index contributed by atoms with van der Waals surface area (Å²) in [5.74, 6) is -1.43. The number of likely N-dealkylation sites (tertiary alicyclic amines) is 2. The van der Waals surface area contributed by atoms with Gasteiger partial charge in [-0.3, -0.25) is 38.8 Å². The zero-order valence-corrected chi connectivity index (χ0v) is 42.6. The van der Waals surface area contributed by atoms with Crippen LogP contribution in [0.15, 0.2) is 72.8 Å². The number of halogens is 2. The van der Waals surface area contributed by atoms with Crippen molar-refractivity contribution < 1.29 is 66.1 Å². The Labute approximate surface area is 424 Å². The van der Waals surface area contributed by atoms with Crippen LogP contribution >= 0.6 is 18.9 Å². The van der Waals surface area contributed by atoms with Crippen molar-refractivity contribution in [1.82, 2.24) is 25.3 Å². The van der Waals surface area contributed by atoms with Crippen molar-refractivity contribution >= 4 is 70.3 Å². The number of carbonyl (C=O) groups is 6. The van der Waals surface area contributed by atoms with E-state index in [9.17, 15) is 51.9 Å². The number of urea groups is 1. The summed E-state index contributed by atoms with van der Waals surface area (Å²) < 4.78 is 59.4. The van der Waals surface area contributed by atoms with E-state index in [4.69, 9.17) is 14.2 Å². The Bertz CT molecular complexity index is 2870. The number of benzene rings is 3. The number of amides is 7. The van der Waals surface area contributed by atoms with Crippen molar-refractivity contribution in [3.63, 3.8) is 0 Å². The first-order valence-corrected chi connectivity index (χ1v) is 26.7. The first-order chi connectivity index (χ1) is 34.5. The van der Waals surface area contributed by atoms with Crippen LogP contribution in [-0.4, -0.2) is 138 Å². The number of morpholine rings is 1. The summed E-state index contributed by atoms with van der Waals surface area (Å²) in [7, 11) is -4.37. The number of alkyl halides is 2. The van der Waals surface area contributed by atoms with Crippen molar-refractivity contribution in [2.75, 3.05) is 64.5 Å². The molecule has 73 heavy (non-hydrogen) atoms. The largest absolute Gasteiger partial charge is 0.495 e. The van der Waals surface area contributed by atoms with Gasteiger partial charge < -0.3 is 44.0 Å². The zero-order valence-electron chi connectivity index (χ0n) is 40.9. The van der Waals surface area contributed by atoms with Gasteiger partial charge in [-0.2, -0.15) is 8.78 Å². The number of rotatable bonds is 13. The van der Waals surface area contributed by atoms with E-state index < -0.39 is 60.3 Å². The van der Waals surface area contributed by atoms with Gasteiger partial charge in [0, 0.05) is 68.0 Å². The van der Waals surface area contributed by atoms with Gasteiger partial charge in [-0.15, -0.1) is 11.3 Å². The van der Waals surface area contributed by atoms with Crippen LogP contribution in [0.5, 0.6) is 5.75 Å². The Balaban J connectivity index is 0.875. The molecule has 390 valence electrons. The highest BCUT2D eigenvalue weighted by atomic mass is 32.1. The highest BCUT2D eigenvalue weighted by molar-refractivity contribution is 7.52. The first-order valence-electron chi connectivity index (χ1n) is 24.3. The lowest BCUT2D eigenvalue weighted by molar-refractivity contribution is -0.150. The van der Waals surface area contributed by atoms with Gasteiger partial charge in [0.2, 0.25) is 17.7 Å². The lowest BCUT2D eigenvalue weighted by Gasteiger charge is -2.45. The number of imide groups is 1. The quantitative estimate of drug-likeness (QED) is 0.109. The van der Waals surface area contributed by atoms with Crippen LogP contribution in [0, 0.1) is 16.7 Å². The molecule has 1 aromatic heterocycles. The average molecular weight is 1050 g/mol. The molecule has 4 saturated heterocycles. The number of carbonyl (C=O) groups excluding carboxylic acids is 6. The van der Waals surface area contributed by atoms with Crippen LogP contribution in [0.3, 0.4) is 0 Å². The van der Waals surface area contributed by atoms with Crippen molar-refractivity contribution in [2.24, 2.45) is 16.7 Å². The third-order valence-corrected chi connectivity index (χ3v) is 16.8. The number of hydrogen-bond donors (Lipinski definition) is 4. The van der Waals surface area contributed by atoms with Crippen LogP contribution in [0.2, 0.25) is 0 Å². The Morgan fingerprint density at radius 1 is 0.973 bits per heavy atom. The average Bonchev–Trinajstić information content (AvgIpc) is 4.11. The lowest BCUT2D eigenvalue weighted by Crippen LogP contribution is -2.58. The molecule has 1 spiro atoms. The van der Waals surface area contributed by atoms with Gasteiger partial charge in [0.1, 0.15) is 23.9 Å². The summed E-state index contributed by atoms with van der Waals surface area (Å²) in [5, 5.41) is 5.34. The molecule has 4 aliphatic heterocycles. The molecule has 9 rings (SSSR count). The Hall–Kier alpha value is -5.83. The maximum Gasteiger partial charge on any atom is 0.399 e.